The largest absolute Gasteiger partial charge is 0.481 e. The van der Waals surface area contributed by atoms with E-state index in [0.29, 0.717) is 13.1 Å². The SMILES string of the molecule is CC1CNC(CC(=O)O)C(=O)N1Cc1ccccc1. The van der Waals surface area contributed by atoms with Gasteiger partial charge in [-0.15, -0.1) is 0 Å². The highest BCUT2D eigenvalue weighted by Gasteiger charge is 2.33. The van der Waals surface area contributed by atoms with Crippen LogP contribution < -0.4 is 5.32 Å². The Labute approximate surface area is 112 Å². The summed E-state index contributed by atoms with van der Waals surface area (Å²) in [6.45, 7) is 3.11. The van der Waals surface area contributed by atoms with E-state index in [4.69, 9.17) is 5.11 Å². The minimum absolute atomic E-state index is 0.0674. The Morgan fingerprint density at radius 2 is 2.11 bits per heavy atom. The number of aliphatic carboxylic acids is 1. The molecule has 2 rings (SSSR count). The van der Waals surface area contributed by atoms with Gasteiger partial charge in [-0.2, -0.15) is 0 Å². The molecule has 5 heteroatoms. The molecule has 19 heavy (non-hydrogen) atoms. The molecule has 0 saturated carbocycles. The van der Waals surface area contributed by atoms with Crippen LogP contribution in [0.1, 0.15) is 18.9 Å². The van der Waals surface area contributed by atoms with Gasteiger partial charge in [0.05, 0.1) is 12.5 Å². The second kappa shape index (κ2) is 5.84. The molecule has 1 aliphatic heterocycles. The summed E-state index contributed by atoms with van der Waals surface area (Å²) in [5, 5.41) is 11.8. The summed E-state index contributed by atoms with van der Waals surface area (Å²) < 4.78 is 0. The molecular formula is C14H18N2O3. The van der Waals surface area contributed by atoms with Crippen molar-refractivity contribution in [3.8, 4) is 0 Å². The fourth-order valence-corrected chi connectivity index (χ4v) is 2.28. The Bertz CT molecular complexity index is 461. The number of nitrogens with one attached hydrogen (secondary N) is 1. The van der Waals surface area contributed by atoms with E-state index in [2.05, 4.69) is 5.32 Å². The van der Waals surface area contributed by atoms with Gasteiger partial charge in [0.25, 0.3) is 0 Å². The molecule has 102 valence electrons. The third kappa shape index (κ3) is 3.32. The fraction of sp³-hybridized carbons (Fsp3) is 0.429. The second-order valence-electron chi connectivity index (χ2n) is 4.86. The number of piperazine rings is 1. The molecule has 1 aromatic rings. The lowest BCUT2D eigenvalue weighted by Crippen LogP contribution is -2.59. The van der Waals surface area contributed by atoms with Crippen LogP contribution in [0.25, 0.3) is 0 Å². The number of carbonyl (C=O) groups excluding carboxylic acids is 1. The van der Waals surface area contributed by atoms with Crippen LogP contribution in [0, 0.1) is 0 Å². The zero-order chi connectivity index (χ0) is 13.8. The molecule has 2 unspecified atom stereocenters. The number of carboxylic acid groups (broad SMARTS) is 1. The van der Waals surface area contributed by atoms with Gasteiger partial charge in [0.1, 0.15) is 0 Å². The minimum Gasteiger partial charge on any atom is -0.481 e. The summed E-state index contributed by atoms with van der Waals surface area (Å²) in [6.07, 6.45) is -0.170. The molecule has 5 nitrogen and oxygen atoms in total. The van der Waals surface area contributed by atoms with Crippen molar-refractivity contribution in [3.63, 3.8) is 0 Å². The molecular weight excluding hydrogens is 244 g/mol. The maximum atomic E-state index is 12.3. The summed E-state index contributed by atoms with van der Waals surface area (Å²) in [7, 11) is 0. The predicted octanol–water partition coefficient (Wildman–Crippen LogP) is 0.850. The lowest BCUT2D eigenvalue weighted by Gasteiger charge is -2.38. The van der Waals surface area contributed by atoms with Crippen molar-refractivity contribution >= 4 is 11.9 Å². The molecule has 0 aliphatic carbocycles. The molecule has 2 N–H and O–H groups in total. The third-order valence-electron chi connectivity index (χ3n) is 3.35. The average molecular weight is 262 g/mol. The Hall–Kier alpha value is -1.88. The number of rotatable bonds is 4. The van der Waals surface area contributed by atoms with Gasteiger partial charge >= 0.3 is 5.97 Å². The van der Waals surface area contributed by atoms with Gasteiger partial charge in [0.15, 0.2) is 0 Å². The normalized spacial score (nSPS) is 23.4. The number of benzene rings is 1. The van der Waals surface area contributed by atoms with Gasteiger partial charge in [-0.3, -0.25) is 9.59 Å². The van der Waals surface area contributed by atoms with E-state index >= 15 is 0 Å². The van der Waals surface area contributed by atoms with Crippen LogP contribution in [0.2, 0.25) is 0 Å². The molecule has 1 fully saturated rings. The van der Waals surface area contributed by atoms with Gasteiger partial charge in [-0.25, -0.2) is 0 Å². The Morgan fingerprint density at radius 1 is 1.42 bits per heavy atom. The average Bonchev–Trinajstić information content (AvgIpc) is 2.39. The van der Waals surface area contributed by atoms with Gasteiger partial charge in [-0.1, -0.05) is 30.3 Å². The van der Waals surface area contributed by atoms with Crippen LogP contribution in [0.15, 0.2) is 30.3 Å². The molecule has 1 aromatic carbocycles. The fourth-order valence-electron chi connectivity index (χ4n) is 2.28. The molecule has 1 heterocycles. The smallest absolute Gasteiger partial charge is 0.305 e. The van der Waals surface area contributed by atoms with E-state index in [1.165, 1.54) is 0 Å². The number of carbonyl (C=O) groups is 2. The number of carboxylic acids is 1. The monoisotopic (exact) mass is 262 g/mol. The topological polar surface area (TPSA) is 69.6 Å². The Kier molecular flexibility index (Phi) is 4.16. The molecule has 1 saturated heterocycles. The van der Waals surface area contributed by atoms with Crippen LogP contribution in [-0.4, -0.2) is 40.5 Å². The van der Waals surface area contributed by atoms with Crippen molar-refractivity contribution in [2.24, 2.45) is 0 Å². The lowest BCUT2D eigenvalue weighted by molar-refractivity contribution is -0.146. The Balaban J connectivity index is 2.08. The minimum atomic E-state index is -0.958. The number of hydrogen-bond donors (Lipinski definition) is 2. The highest BCUT2D eigenvalue weighted by atomic mass is 16.4. The lowest BCUT2D eigenvalue weighted by atomic mass is 10.1. The van der Waals surface area contributed by atoms with Crippen LogP contribution in [0.5, 0.6) is 0 Å². The van der Waals surface area contributed by atoms with Crippen molar-refractivity contribution in [2.75, 3.05) is 6.54 Å². The highest BCUT2D eigenvalue weighted by Crippen LogP contribution is 2.15. The van der Waals surface area contributed by atoms with E-state index in [9.17, 15) is 9.59 Å². The number of amides is 1. The maximum absolute atomic E-state index is 12.3. The van der Waals surface area contributed by atoms with E-state index in [-0.39, 0.29) is 18.4 Å². The van der Waals surface area contributed by atoms with Gasteiger partial charge < -0.3 is 15.3 Å². The predicted molar refractivity (Wildman–Crippen MR) is 70.5 cm³/mol. The summed E-state index contributed by atoms with van der Waals surface area (Å²) in [4.78, 5) is 24.8. The standard InChI is InChI=1S/C14H18N2O3/c1-10-8-15-12(7-13(17)18)14(19)16(10)9-11-5-3-2-4-6-11/h2-6,10,12,15H,7-9H2,1H3,(H,17,18). The molecule has 2 atom stereocenters. The third-order valence-corrected chi connectivity index (χ3v) is 3.35. The molecule has 0 bridgehead atoms. The van der Waals surface area contributed by atoms with E-state index in [1.54, 1.807) is 4.90 Å². The second-order valence-corrected chi connectivity index (χ2v) is 4.86. The van der Waals surface area contributed by atoms with Crippen LogP contribution >= 0.6 is 0 Å². The summed E-state index contributed by atoms with van der Waals surface area (Å²) in [6, 6.07) is 9.18. The van der Waals surface area contributed by atoms with Crippen LogP contribution in [0.3, 0.4) is 0 Å². The van der Waals surface area contributed by atoms with E-state index in [1.807, 2.05) is 37.3 Å². The summed E-state index contributed by atoms with van der Waals surface area (Å²) in [5.74, 6) is -1.09. The van der Waals surface area contributed by atoms with Gasteiger partial charge in [-0.05, 0) is 12.5 Å². The first kappa shape index (κ1) is 13.5. The van der Waals surface area contributed by atoms with Gasteiger partial charge in [0, 0.05) is 19.1 Å². The zero-order valence-corrected chi connectivity index (χ0v) is 10.9. The quantitative estimate of drug-likeness (QED) is 0.844. The first-order chi connectivity index (χ1) is 9.08. The number of nitrogens with zero attached hydrogens (tertiary/aromatic N) is 1. The van der Waals surface area contributed by atoms with E-state index in [0.717, 1.165) is 5.56 Å². The summed E-state index contributed by atoms with van der Waals surface area (Å²) in [5.41, 5.74) is 1.05. The van der Waals surface area contributed by atoms with Gasteiger partial charge in [0.2, 0.25) is 5.91 Å². The van der Waals surface area contributed by atoms with Crippen molar-refractivity contribution in [2.45, 2.75) is 32.0 Å². The molecule has 1 aliphatic rings. The molecule has 1 amide bonds. The first-order valence-corrected chi connectivity index (χ1v) is 6.37. The highest BCUT2D eigenvalue weighted by molar-refractivity contribution is 5.87. The maximum Gasteiger partial charge on any atom is 0.305 e. The van der Waals surface area contributed by atoms with Crippen LogP contribution in [-0.2, 0) is 16.1 Å². The van der Waals surface area contributed by atoms with Crippen molar-refractivity contribution in [1.82, 2.24) is 10.2 Å². The molecule has 0 spiro atoms. The van der Waals surface area contributed by atoms with Crippen molar-refractivity contribution in [1.29, 1.82) is 0 Å². The Morgan fingerprint density at radius 3 is 2.74 bits per heavy atom. The van der Waals surface area contributed by atoms with Crippen LogP contribution in [0.4, 0.5) is 0 Å². The van der Waals surface area contributed by atoms with E-state index < -0.39 is 12.0 Å². The number of hydrogen-bond acceptors (Lipinski definition) is 3. The van der Waals surface area contributed by atoms with Crippen molar-refractivity contribution in [3.05, 3.63) is 35.9 Å². The molecule has 0 radical (unpaired) electrons. The van der Waals surface area contributed by atoms with Crippen molar-refractivity contribution < 1.29 is 14.7 Å². The molecule has 0 aromatic heterocycles. The summed E-state index contributed by atoms with van der Waals surface area (Å²) >= 11 is 0. The first-order valence-electron chi connectivity index (χ1n) is 6.37. The zero-order valence-electron chi connectivity index (χ0n) is 10.9.